The molecular formula is C15H21ClIN5. The molecule has 3 heterocycles. The summed E-state index contributed by atoms with van der Waals surface area (Å²) in [5.74, 6) is 0.630. The van der Waals surface area contributed by atoms with Crippen LogP contribution in [0, 0.1) is 5.92 Å². The van der Waals surface area contributed by atoms with Crippen LogP contribution in [0.5, 0.6) is 0 Å². The standard InChI is InChI=1S/C15H20IN5.ClH/c1-19-4-6-20(7-5-19)12-8-11(9-12)14-13-10-17-2-3-21(13)15(16)18-14;/h2-3,10-12H,4-9H2,1H3;1H. The second kappa shape index (κ2) is 6.68. The minimum atomic E-state index is 0. The van der Waals surface area contributed by atoms with Crippen LogP contribution in [0.2, 0.25) is 0 Å². The van der Waals surface area contributed by atoms with Crippen molar-refractivity contribution in [3.8, 4) is 0 Å². The van der Waals surface area contributed by atoms with Gasteiger partial charge in [0.05, 0.1) is 35.0 Å². The number of fused-ring (bicyclic) bond motifs is 1. The highest BCUT2D eigenvalue weighted by Crippen LogP contribution is 2.39. The van der Waals surface area contributed by atoms with Crippen LogP contribution < -0.4 is 17.3 Å². The number of nitrogens with zero attached hydrogens (tertiary/aromatic N) is 4. The van der Waals surface area contributed by atoms with E-state index in [1.54, 1.807) is 0 Å². The lowest BCUT2D eigenvalue weighted by molar-refractivity contribution is -0.684. The van der Waals surface area contributed by atoms with Crippen LogP contribution in [0.25, 0.3) is 0 Å². The van der Waals surface area contributed by atoms with Gasteiger partial charge in [0.25, 0.3) is 3.84 Å². The van der Waals surface area contributed by atoms with Gasteiger partial charge in [-0.3, -0.25) is 9.89 Å². The molecule has 2 fully saturated rings. The number of likely N-dealkylation sites (N-methyl/N-ethyl adjacent to an activating group) is 1. The summed E-state index contributed by atoms with van der Waals surface area (Å²) in [6.45, 7) is 4.87. The normalized spacial score (nSPS) is 35.0. The second-order valence-electron chi connectivity index (χ2n) is 6.37. The third-order valence-corrected chi connectivity index (χ3v) is 5.91. The lowest BCUT2D eigenvalue weighted by Gasteiger charge is -2.45. The molecule has 0 amide bonds. The van der Waals surface area contributed by atoms with Crippen LogP contribution >= 0.6 is 22.6 Å². The topological polar surface area (TPSA) is 35.6 Å². The van der Waals surface area contributed by atoms with E-state index in [-0.39, 0.29) is 12.4 Å². The quantitative estimate of drug-likeness (QED) is 0.385. The zero-order valence-electron chi connectivity index (χ0n) is 12.7. The van der Waals surface area contributed by atoms with Crippen LogP contribution in [-0.4, -0.2) is 59.1 Å². The number of nitrogens with one attached hydrogen (secondary N) is 1. The van der Waals surface area contributed by atoms with Crippen molar-refractivity contribution in [2.45, 2.75) is 18.9 Å². The maximum Gasteiger partial charge on any atom is 0.272 e. The maximum atomic E-state index is 4.82. The molecule has 1 saturated heterocycles. The lowest BCUT2D eigenvalue weighted by atomic mass is 9.76. The first-order chi connectivity index (χ1) is 10.2. The lowest BCUT2D eigenvalue weighted by Crippen LogP contribution is -3.07. The van der Waals surface area contributed by atoms with Gasteiger partial charge in [0.2, 0.25) is 0 Å². The summed E-state index contributed by atoms with van der Waals surface area (Å²) in [4.78, 5) is 15.5. The summed E-state index contributed by atoms with van der Waals surface area (Å²) in [5, 5.41) is 0. The molecule has 0 aromatic carbocycles. The summed E-state index contributed by atoms with van der Waals surface area (Å²) < 4.78 is 1.13. The highest BCUT2D eigenvalue weighted by atomic mass is 127. The number of piperazine rings is 1. The Morgan fingerprint density at radius 3 is 2.68 bits per heavy atom. The Kier molecular flexibility index (Phi) is 5.04. The number of rotatable bonds is 2. The molecule has 0 radical (unpaired) electrons. The third-order valence-electron chi connectivity index (χ3n) is 5.09. The average Bonchev–Trinajstić information content (AvgIpc) is 2.77. The largest absolute Gasteiger partial charge is 1.00 e. The molecule has 0 aromatic heterocycles. The van der Waals surface area contributed by atoms with E-state index in [4.69, 9.17) is 4.99 Å². The Labute approximate surface area is 151 Å². The minimum absolute atomic E-state index is 0. The molecule has 22 heavy (non-hydrogen) atoms. The first-order valence-corrected chi connectivity index (χ1v) is 8.78. The first kappa shape index (κ1) is 16.6. The van der Waals surface area contributed by atoms with Gasteiger partial charge in [-0.1, -0.05) is 0 Å². The van der Waals surface area contributed by atoms with E-state index in [0.717, 1.165) is 9.88 Å². The van der Waals surface area contributed by atoms with Gasteiger partial charge >= 0.3 is 0 Å². The SMILES string of the molecule is CN1CCN(C2CC(C3=C4C=NC=C[NH+]4C(I)=N3)C2)CC1.[Cl-]. The molecule has 3 aliphatic heterocycles. The van der Waals surface area contributed by atoms with Crippen molar-refractivity contribution in [1.29, 1.82) is 0 Å². The summed E-state index contributed by atoms with van der Waals surface area (Å²) in [6.07, 6.45) is 8.47. The highest BCUT2D eigenvalue weighted by Gasteiger charge is 2.42. The van der Waals surface area contributed by atoms with Crippen LogP contribution in [0.3, 0.4) is 0 Å². The molecule has 4 aliphatic rings. The Balaban J connectivity index is 0.00000144. The van der Waals surface area contributed by atoms with Crippen molar-refractivity contribution in [3.05, 3.63) is 23.8 Å². The van der Waals surface area contributed by atoms with Gasteiger partial charge in [0.15, 0.2) is 5.70 Å². The van der Waals surface area contributed by atoms with E-state index in [9.17, 15) is 0 Å². The molecule has 1 N–H and O–H groups in total. The van der Waals surface area contributed by atoms with Crippen molar-refractivity contribution in [1.82, 2.24) is 9.80 Å². The highest BCUT2D eigenvalue weighted by molar-refractivity contribution is 14.1. The minimum Gasteiger partial charge on any atom is -1.00 e. The van der Waals surface area contributed by atoms with E-state index in [2.05, 4.69) is 50.6 Å². The fourth-order valence-electron chi connectivity index (χ4n) is 3.61. The van der Waals surface area contributed by atoms with Crippen molar-refractivity contribution >= 4 is 32.6 Å². The molecule has 1 atom stereocenters. The molecule has 4 rings (SSSR count). The van der Waals surface area contributed by atoms with E-state index in [1.165, 1.54) is 55.3 Å². The van der Waals surface area contributed by atoms with Crippen molar-refractivity contribution in [2.75, 3.05) is 33.2 Å². The number of aliphatic imine (C=N–C) groups is 2. The third kappa shape index (κ3) is 2.91. The molecule has 1 aliphatic carbocycles. The van der Waals surface area contributed by atoms with Crippen LogP contribution in [-0.2, 0) is 0 Å². The summed E-state index contributed by atoms with van der Waals surface area (Å²) in [5.41, 5.74) is 2.55. The van der Waals surface area contributed by atoms with E-state index < -0.39 is 0 Å². The summed E-state index contributed by atoms with van der Waals surface area (Å²) in [7, 11) is 2.22. The van der Waals surface area contributed by atoms with Gasteiger partial charge in [0, 0.05) is 38.1 Å². The number of hydrogen-bond donors (Lipinski definition) is 1. The smallest absolute Gasteiger partial charge is 0.272 e. The Morgan fingerprint density at radius 2 is 1.95 bits per heavy atom. The van der Waals surface area contributed by atoms with Crippen LogP contribution in [0.4, 0.5) is 0 Å². The summed E-state index contributed by atoms with van der Waals surface area (Å²) in [6, 6.07) is 0.768. The fourth-order valence-corrected chi connectivity index (χ4v) is 4.34. The fraction of sp³-hybridized carbons (Fsp3) is 0.600. The monoisotopic (exact) mass is 433 g/mol. The van der Waals surface area contributed by atoms with Gasteiger partial charge in [-0.2, -0.15) is 4.99 Å². The number of quaternary nitrogens is 1. The molecule has 1 unspecified atom stereocenters. The first-order valence-electron chi connectivity index (χ1n) is 7.71. The van der Waals surface area contributed by atoms with E-state index in [0.29, 0.717) is 5.92 Å². The molecule has 0 bridgehead atoms. The average molecular weight is 434 g/mol. The zero-order chi connectivity index (χ0) is 14.4. The maximum absolute atomic E-state index is 4.82. The molecule has 5 nitrogen and oxygen atoms in total. The van der Waals surface area contributed by atoms with Crippen LogP contribution in [0.15, 0.2) is 33.8 Å². The van der Waals surface area contributed by atoms with Crippen LogP contribution in [0.1, 0.15) is 12.8 Å². The van der Waals surface area contributed by atoms with Crippen molar-refractivity contribution in [2.24, 2.45) is 15.9 Å². The van der Waals surface area contributed by atoms with E-state index >= 15 is 0 Å². The Bertz CT molecular complexity index is 556. The van der Waals surface area contributed by atoms with Gasteiger partial charge in [-0.15, -0.1) is 0 Å². The van der Waals surface area contributed by atoms with Gasteiger partial charge in [0.1, 0.15) is 11.9 Å². The van der Waals surface area contributed by atoms with Crippen molar-refractivity contribution < 1.29 is 17.3 Å². The predicted molar refractivity (Wildman–Crippen MR) is 92.7 cm³/mol. The number of halogens is 2. The predicted octanol–water partition coefficient (Wildman–Crippen LogP) is -2.53. The van der Waals surface area contributed by atoms with Crippen molar-refractivity contribution in [3.63, 3.8) is 0 Å². The summed E-state index contributed by atoms with van der Waals surface area (Å²) >= 11 is 2.35. The van der Waals surface area contributed by atoms with Gasteiger partial charge < -0.3 is 17.3 Å². The van der Waals surface area contributed by atoms with Gasteiger partial charge in [-0.05, 0) is 19.9 Å². The van der Waals surface area contributed by atoms with Gasteiger partial charge in [-0.25, -0.2) is 4.90 Å². The molecule has 0 aromatic rings. The molecular weight excluding hydrogens is 413 g/mol. The molecule has 1 saturated carbocycles. The molecule has 0 spiro atoms. The van der Waals surface area contributed by atoms with E-state index in [1.807, 2.05) is 12.4 Å². The number of amidine groups is 1. The Hall–Kier alpha value is -0.280. The molecule has 7 heteroatoms. The zero-order valence-corrected chi connectivity index (χ0v) is 15.6. The number of allylic oxidation sites excluding steroid dienone is 2. The number of hydrogen-bond acceptors (Lipinski definition) is 4. The second-order valence-corrected chi connectivity index (χ2v) is 7.39. The molecule has 120 valence electrons. The Morgan fingerprint density at radius 1 is 1.23 bits per heavy atom.